The van der Waals surface area contributed by atoms with Crippen LogP contribution >= 0.6 is 11.6 Å². The second-order valence-corrected chi connectivity index (χ2v) is 13.8. The van der Waals surface area contributed by atoms with E-state index in [0.717, 1.165) is 28.0 Å². The van der Waals surface area contributed by atoms with Gasteiger partial charge in [-0.15, -0.1) is 0 Å². The Morgan fingerprint density at radius 1 is 0.784 bits per heavy atom. The van der Waals surface area contributed by atoms with E-state index >= 15 is 9.18 Å². The molecule has 0 radical (unpaired) electrons. The Morgan fingerprint density at radius 2 is 1.53 bits per heavy atom. The summed E-state index contributed by atoms with van der Waals surface area (Å²) < 4.78 is 15.3. The minimum absolute atomic E-state index is 0.00331. The largest absolute Gasteiger partial charge is 0.507 e. The van der Waals surface area contributed by atoms with Gasteiger partial charge in [-0.25, -0.2) is 19.0 Å². The molecule has 0 bridgehead atoms. The summed E-state index contributed by atoms with van der Waals surface area (Å²) in [6.07, 6.45) is 1.89. The van der Waals surface area contributed by atoms with E-state index in [1.807, 2.05) is 6.08 Å². The summed E-state index contributed by atoms with van der Waals surface area (Å²) in [4.78, 5) is 71.8. The molecule has 4 aliphatic rings. The first-order chi connectivity index (χ1) is 24.4. The predicted molar refractivity (Wildman–Crippen MR) is 182 cm³/mol. The minimum Gasteiger partial charge on any atom is -0.507 e. The molecular formula is C39H28ClFN2O8. The first-order valence-electron chi connectivity index (χ1n) is 16.3. The number of phenolic OH excluding ortho intramolecular Hbond substituents is 1. The molecule has 10 nitrogen and oxygen atoms in total. The minimum atomic E-state index is -1.62. The maximum Gasteiger partial charge on any atom is 0.339 e. The van der Waals surface area contributed by atoms with Gasteiger partial charge in [-0.3, -0.25) is 19.2 Å². The summed E-state index contributed by atoms with van der Waals surface area (Å²) >= 11 is 6.33. The molecule has 51 heavy (non-hydrogen) atoms. The quantitative estimate of drug-likeness (QED) is 0.170. The molecule has 0 spiro atoms. The van der Waals surface area contributed by atoms with Crippen molar-refractivity contribution >= 4 is 52.6 Å². The van der Waals surface area contributed by atoms with Crippen LogP contribution in [0.1, 0.15) is 40.2 Å². The number of aromatic hydroxyl groups is 2. The van der Waals surface area contributed by atoms with Crippen LogP contribution < -0.4 is 9.80 Å². The normalized spacial score (nSPS) is 26.9. The number of hydrogen-bond acceptors (Lipinski definition) is 7. The molecule has 4 aromatic rings. The highest BCUT2D eigenvalue weighted by molar-refractivity contribution is 6.32. The number of allylic oxidation sites excluding steroid dienone is 2. The van der Waals surface area contributed by atoms with Gasteiger partial charge in [0.05, 0.1) is 34.5 Å². The maximum absolute atomic E-state index is 15.3. The standard InChI is InChI=1S/C39H28ClFN2O8/c40-21-7-4-8-22(16-21)43-35(47)28-18-27-24(12-13-26-32(27)36(48)42(34(26)46)23-10-11-25(37(49)50)31(45)17-23)33(19-9-14-30(44)29(41)15-19)39(28,38(43)51)20-5-2-1-3-6-20/h1-12,14-17,26-28,32-33,44-45H,13,18H2,(H,49,50)/t26-,27+,28-,32-,33-,39+/m0/s1. The lowest BCUT2D eigenvalue weighted by atomic mass is 9.49. The molecule has 0 aromatic heterocycles. The molecule has 4 aromatic carbocycles. The number of carbonyl (C=O) groups is 5. The van der Waals surface area contributed by atoms with Crippen molar-refractivity contribution in [2.75, 3.05) is 9.80 Å². The van der Waals surface area contributed by atoms with E-state index in [4.69, 9.17) is 11.6 Å². The van der Waals surface area contributed by atoms with Crippen LogP contribution in [0, 0.1) is 29.5 Å². The number of benzene rings is 4. The fraction of sp³-hybridized carbons (Fsp3) is 0.205. The molecule has 256 valence electrons. The number of halogens is 2. The van der Waals surface area contributed by atoms with Crippen LogP contribution in [0.25, 0.3) is 0 Å². The molecule has 8 rings (SSSR count). The molecule has 2 saturated heterocycles. The fourth-order valence-corrected chi connectivity index (χ4v) is 9.10. The number of aromatic carboxylic acids is 1. The molecule has 3 fully saturated rings. The molecule has 2 aliphatic carbocycles. The van der Waals surface area contributed by atoms with Crippen LogP contribution in [0.3, 0.4) is 0 Å². The van der Waals surface area contributed by atoms with Crippen LogP contribution in [-0.2, 0) is 24.6 Å². The first kappa shape index (κ1) is 32.4. The van der Waals surface area contributed by atoms with Crippen molar-refractivity contribution in [3.8, 4) is 11.5 Å². The van der Waals surface area contributed by atoms with E-state index < -0.39 is 87.5 Å². The van der Waals surface area contributed by atoms with Crippen LogP contribution in [-0.4, -0.2) is 44.9 Å². The van der Waals surface area contributed by atoms with Crippen molar-refractivity contribution in [1.29, 1.82) is 0 Å². The average Bonchev–Trinajstić information content (AvgIpc) is 3.50. The number of nitrogens with zero attached hydrogens (tertiary/aromatic N) is 2. The van der Waals surface area contributed by atoms with E-state index in [2.05, 4.69) is 0 Å². The van der Waals surface area contributed by atoms with Crippen molar-refractivity contribution in [2.45, 2.75) is 24.2 Å². The Kier molecular flexibility index (Phi) is 7.39. The van der Waals surface area contributed by atoms with Gasteiger partial charge < -0.3 is 15.3 Å². The number of amides is 4. The molecule has 6 atom stereocenters. The molecular weight excluding hydrogens is 679 g/mol. The number of carboxylic acid groups (broad SMARTS) is 1. The Hall–Kier alpha value is -5.81. The summed E-state index contributed by atoms with van der Waals surface area (Å²) in [5.41, 5.74) is -0.398. The number of imide groups is 2. The van der Waals surface area contributed by atoms with E-state index in [1.165, 1.54) is 24.3 Å². The van der Waals surface area contributed by atoms with Gasteiger partial charge in [0.2, 0.25) is 23.6 Å². The third-order valence-corrected chi connectivity index (χ3v) is 11.2. The van der Waals surface area contributed by atoms with Gasteiger partial charge in [-0.2, -0.15) is 0 Å². The fourth-order valence-electron chi connectivity index (χ4n) is 8.92. The highest BCUT2D eigenvalue weighted by atomic mass is 35.5. The smallest absolute Gasteiger partial charge is 0.339 e. The number of carboxylic acids is 1. The van der Waals surface area contributed by atoms with E-state index in [0.29, 0.717) is 21.7 Å². The summed E-state index contributed by atoms with van der Waals surface area (Å²) in [6, 6.07) is 22.3. The van der Waals surface area contributed by atoms with Gasteiger partial charge in [-0.05, 0) is 72.4 Å². The van der Waals surface area contributed by atoms with Crippen molar-refractivity contribution in [3.05, 3.63) is 130 Å². The van der Waals surface area contributed by atoms with Crippen molar-refractivity contribution in [2.24, 2.45) is 23.7 Å². The van der Waals surface area contributed by atoms with E-state index in [1.54, 1.807) is 48.5 Å². The molecule has 12 heteroatoms. The third-order valence-electron chi connectivity index (χ3n) is 10.9. The van der Waals surface area contributed by atoms with Crippen LogP contribution in [0.4, 0.5) is 15.8 Å². The number of rotatable bonds is 5. The summed E-state index contributed by atoms with van der Waals surface area (Å²) in [5.74, 6) is -10.5. The number of phenols is 2. The van der Waals surface area contributed by atoms with Crippen molar-refractivity contribution in [1.82, 2.24) is 0 Å². The summed E-state index contributed by atoms with van der Waals surface area (Å²) in [7, 11) is 0. The van der Waals surface area contributed by atoms with Crippen molar-refractivity contribution in [3.63, 3.8) is 0 Å². The van der Waals surface area contributed by atoms with Crippen LogP contribution in [0.15, 0.2) is 103 Å². The van der Waals surface area contributed by atoms with Crippen LogP contribution in [0.2, 0.25) is 5.02 Å². The van der Waals surface area contributed by atoms with Gasteiger partial charge in [-0.1, -0.05) is 65.7 Å². The summed E-state index contributed by atoms with van der Waals surface area (Å²) in [5, 5.41) is 30.3. The predicted octanol–water partition coefficient (Wildman–Crippen LogP) is 5.96. The Bertz CT molecular complexity index is 2240. The number of carbonyl (C=O) groups excluding carboxylic acids is 4. The monoisotopic (exact) mass is 706 g/mol. The zero-order valence-corrected chi connectivity index (χ0v) is 27.3. The molecule has 2 aliphatic heterocycles. The average molecular weight is 707 g/mol. The first-order valence-corrected chi connectivity index (χ1v) is 16.6. The Balaban J connectivity index is 1.33. The van der Waals surface area contributed by atoms with Gasteiger partial charge >= 0.3 is 5.97 Å². The highest BCUT2D eigenvalue weighted by Gasteiger charge is 2.70. The van der Waals surface area contributed by atoms with Gasteiger partial charge in [0, 0.05) is 17.0 Å². The zero-order valence-electron chi connectivity index (χ0n) is 26.6. The lowest BCUT2D eigenvalue weighted by Crippen LogP contribution is -2.53. The number of fused-ring (bicyclic) bond motifs is 4. The highest BCUT2D eigenvalue weighted by Crippen LogP contribution is 2.64. The Labute approximate surface area is 295 Å². The topological polar surface area (TPSA) is 153 Å². The Morgan fingerprint density at radius 3 is 2.22 bits per heavy atom. The molecule has 3 N–H and O–H groups in total. The molecule has 0 unspecified atom stereocenters. The molecule has 1 saturated carbocycles. The van der Waals surface area contributed by atoms with Gasteiger partial charge in [0.15, 0.2) is 11.6 Å². The van der Waals surface area contributed by atoms with Crippen molar-refractivity contribution < 1.29 is 43.7 Å². The third kappa shape index (κ3) is 4.57. The number of anilines is 2. The van der Waals surface area contributed by atoms with E-state index in [9.17, 15) is 34.5 Å². The molecule has 2 heterocycles. The lowest BCUT2D eigenvalue weighted by molar-refractivity contribution is -0.127. The van der Waals surface area contributed by atoms with E-state index in [-0.39, 0.29) is 24.2 Å². The second kappa shape index (κ2) is 11.6. The number of hydrogen-bond donors (Lipinski definition) is 3. The van der Waals surface area contributed by atoms with Gasteiger partial charge in [0.25, 0.3) is 0 Å². The van der Waals surface area contributed by atoms with Gasteiger partial charge in [0.1, 0.15) is 11.3 Å². The van der Waals surface area contributed by atoms with Crippen LogP contribution in [0.5, 0.6) is 11.5 Å². The lowest BCUT2D eigenvalue weighted by Gasteiger charge is -2.50. The molecule has 4 amide bonds. The zero-order chi connectivity index (χ0) is 35.9. The SMILES string of the molecule is O=C(O)c1ccc(N2C(=O)[C@H]3[C@H](CC=C4[C@H]3C[C@H]3C(=O)N(c5cccc(Cl)c5)C(=O)[C@@]3(c3ccccc3)[C@H]4c3ccc(O)c(F)c3)C2=O)cc1O. The second-order valence-electron chi connectivity index (χ2n) is 13.3. The maximum atomic E-state index is 15.3. The summed E-state index contributed by atoms with van der Waals surface area (Å²) in [6.45, 7) is 0.